The molecule has 2 rings (SSSR count). The van der Waals surface area contributed by atoms with E-state index in [1.807, 2.05) is 26.0 Å². The van der Waals surface area contributed by atoms with Crippen molar-refractivity contribution in [1.82, 2.24) is 0 Å². The number of hydrogen-bond acceptors (Lipinski definition) is 3. The molecule has 1 aromatic rings. The minimum absolute atomic E-state index is 0.277. The minimum atomic E-state index is -0.466. The SMILES string of the molecule is CCOc1cc(Br)c(C(O)C(C)C2CC2)cc1OCC. The second kappa shape index (κ2) is 6.81. The first-order chi connectivity index (χ1) is 9.58. The van der Waals surface area contributed by atoms with E-state index in [1.54, 1.807) is 0 Å². The molecule has 0 spiro atoms. The van der Waals surface area contributed by atoms with Gasteiger partial charge in [-0.25, -0.2) is 0 Å². The third-order valence-corrected chi connectivity index (χ3v) is 4.53. The van der Waals surface area contributed by atoms with Crippen molar-refractivity contribution in [1.29, 1.82) is 0 Å². The first kappa shape index (κ1) is 15.6. The van der Waals surface area contributed by atoms with Crippen molar-refractivity contribution in [2.45, 2.75) is 39.7 Å². The first-order valence-corrected chi connectivity index (χ1v) is 8.14. The molecule has 2 atom stereocenters. The fourth-order valence-electron chi connectivity index (χ4n) is 2.48. The second-order valence-electron chi connectivity index (χ2n) is 5.33. The van der Waals surface area contributed by atoms with Crippen LogP contribution in [0.15, 0.2) is 16.6 Å². The van der Waals surface area contributed by atoms with E-state index in [4.69, 9.17) is 9.47 Å². The van der Waals surface area contributed by atoms with Crippen molar-refractivity contribution in [3.63, 3.8) is 0 Å². The van der Waals surface area contributed by atoms with Gasteiger partial charge in [0.05, 0.1) is 19.3 Å². The normalized spacial score (nSPS) is 17.6. The highest BCUT2D eigenvalue weighted by Crippen LogP contribution is 2.45. The first-order valence-electron chi connectivity index (χ1n) is 7.35. The lowest BCUT2D eigenvalue weighted by atomic mass is 9.93. The van der Waals surface area contributed by atoms with E-state index >= 15 is 0 Å². The summed E-state index contributed by atoms with van der Waals surface area (Å²) in [7, 11) is 0. The lowest BCUT2D eigenvalue weighted by Crippen LogP contribution is -2.12. The van der Waals surface area contributed by atoms with Crippen LogP contribution < -0.4 is 9.47 Å². The van der Waals surface area contributed by atoms with Gasteiger partial charge in [0.2, 0.25) is 0 Å². The van der Waals surface area contributed by atoms with Crippen LogP contribution in [0, 0.1) is 11.8 Å². The summed E-state index contributed by atoms with van der Waals surface area (Å²) in [5.74, 6) is 2.35. The van der Waals surface area contributed by atoms with E-state index in [0.29, 0.717) is 24.9 Å². The zero-order valence-electron chi connectivity index (χ0n) is 12.4. The number of aliphatic hydroxyl groups excluding tert-OH is 1. The number of rotatable bonds is 7. The van der Waals surface area contributed by atoms with Gasteiger partial charge < -0.3 is 14.6 Å². The lowest BCUT2D eigenvalue weighted by Gasteiger charge is -2.22. The van der Waals surface area contributed by atoms with Gasteiger partial charge in [0.25, 0.3) is 0 Å². The fraction of sp³-hybridized carbons (Fsp3) is 0.625. The summed E-state index contributed by atoms with van der Waals surface area (Å²) in [6.07, 6.45) is 1.99. The third-order valence-electron chi connectivity index (χ3n) is 3.84. The van der Waals surface area contributed by atoms with E-state index < -0.39 is 6.10 Å². The molecule has 3 nitrogen and oxygen atoms in total. The van der Waals surface area contributed by atoms with E-state index in [9.17, 15) is 5.11 Å². The predicted octanol–water partition coefficient (Wildman–Crippen LogP) is 4.33. The molecule has 0 aliphatic heterocycles. The van der Waals surface area contributed by atoms with Crippen molar-refractivity contribution in [3.05, 3.63) is 22.2 Å². The zero-order valence-corrected chi connectivity index (χ0v) is 13.9. The standard InChI is InChI=1S/C16H23BrO3/c1-4-19-14-8-12(13(17)9-15(14)20-5-2)16(18)10(3)11-6-7-11/h8-11,16,18H,4-7H2,1-3H3. The van der Waals surface area contributed by atoms with Crippen LogP contribution >= 0.6 is 15.9 Å². The maximum absolute atomic E-state index is 10.6. The van der Waals surface area contributed by atoms with Crippen LogP contribution in [0.2, 0.25) is 0 Å². The molecule has 0 heterocycles. The molecule has 1 aliphatic carbocycles. The molecule has 2 unspecified atom stereocenters. The van der Waals surface area contributed by atoms with Crippen LogP contribution in [-0.2, 0) is 0 Å². The van der Waals surface area contributed by atoms with Gasteiger partial charge in [-0.05, 0) is 56.2 Å². The molecule has 0 bridgehead atoms. The van der Waals surface area contributed by atoms with Gasteiger partial charge in [-0.1, -0.05) is 22.9 Å². The third kappa shape index (κ3) is 3.47. The summed E-state index contributed by atoms with van der Waals surface area (Å²) in [6, 6.07) is 3.80. The average molecular weight is 343 g/mol. The Labute approximate surface area is 129 Å². The van der Waals surface area contributed by atoms with Crippen LogP contribution in [0.1, 0.15) is 45.3 Å². The number of ether oxygens (including phenoxy) is 2. The maximum Gasteiger partial charge on any atom is 0.162 e. The van der Waals surface area contributed by atoms with Crippen LogP contribution in [0.25, 0.3) is 0 Å². The summed E-state index contributed by atoms with van der Waals surface area (Å²) in [4.78, 5) is 0. The molecule has 1 saturated carbocycles. The van der Waals surface area contributed by atoms with E-state index in [-0.39, 0.29) is 5.92 Å². The Bertz CT molecular complexity index is 457. The molecule has 20 heavy (non-hydrogen) atoms. The average Bonchev–Trinajstić information content (AvgIpc) is 3.25. The molecule has 1 N–H and O–H groups in total. The molecule has 4 heteroatoms. The van der Waals surface area contributed by atoms with Crippen LogP contribution in [0.4, 0.5) is 0 Å². The molecule has 1 aromatic carbocycles. The van der Waals surface area contributed by atoms with Crippen LogP contribution in [0.5, 0.6) is 11.5 Å². The highest BCUT2D eigenvalue weighted by molar-refractivity contribution is 9.10. The highest BCUT2D eigenvalue weighted by atomic mass is 79.9. The van der Waals surface area contributed by atoms with Crippen molar-refractivity contribution < 1.29 is 14.6 Å². The molecule has 112 valence electrons. The van der Waals surface area contributed by atoms with Crippen molar-refractivity contribution in [2.24, 2.45) is 11.8 Å². The van der Waals surface area contributed by atoms with E-state index in [1.165, 1.54) is 12.8 Å². The molecule has 1 aliphatic rings. The van der Waals surface area contributed by atoms with E-state index in [0.717, 1.165) is 15.8 Å². The summed E-state index contributed by atoms with van der Waals surface area (Å²) in [5, 5.41) is 10.6. The van der Waals surface area contributed by atoms with Gasteiger partial charge in [0, 0.05) is 4.47 Å². The Morgan fingerprint density at radius 2 is 1.75 bits per heavy atom. The van der Waals surface area contributed by atoms with Crippen molar-refractivity contribution >= 4 is 15.9 Å². The Morgan fingerprint density at radius 3 is 2.25 bits per heavy atom. The topological polar surface area (TPSA) is 38.7 Å². The quantitative estimate of drug-likeness (QED) is 0.801. The smallest absolute Gasteiger partial charge is 0.162 e. The number of benzene rings is 1. The molecule has 0 aromatic heterocycles. The summed E-state index contributed by atoms with van der Waals surface area (Å²) < 4.78 is 12.1. The fourth-order valence-corrected chi connectivity index (χ4v) is 3.03. The van der Waals surface area contributed by atoms with Gasteiger partial charge in [0.1, 0.15) is 0 Å². The summed E-state index contributed by atoms with van der Waals surface area (Å²) in [5.41, 5.74) is 0.885. The molecule has 0 amide bonds. The minimum Gasteiger partial charge on any atom is -0.490 e. The summed E-state index contributed by atoms with van der Waals surface area (Å²) >= 11 is 3.55. The van der Waals surface area contributed by atoms with Crippen molar-refractivity contribution in [2.75, 3.05) is 13.2 Å². The summed E-state index contributed by atoms with van der Waals surface area (Å²) in [6.45, 7) is 7.18. The predicted molar refractivity (Wildman–Crippen MR) is 83.3 cm³/mol. The molecular weight excluding hydrogens is 320 g/mol. The highest BCUT2D eigenvalue weighted by Gasteiger charge is 2.34. The largest absolute Gasteiger partial charge is 0.490 e. The molecular formula is C16H23BrO3. The Morgan fingerprint density at radius 1 is 1.20 bits per heavy atom. The van der Waals surface area contributed by atoms with Gasteiger partial charge >= 0.3 is 0 Å². The second-order valence-corrected chi connectivity index (χ2v) is 6.18. The van der Waals surface area contributed by atoms with Gasteiger partial charge in [-0.15, -0.1) is 0 Å². The van der Waals surface area contributed by atoms with Gasteiger partial charge in [-0.3, -0.25) is 0 Å². The van der Waals surface area contributed by atoms with Crippen molar-refractivity contribution in [3.8, 4) is 11.5 Å². The maximum atomic E-state index is 10.6. The molecule has 0 radical (unpaired) electrons. The number of hydrogen-bond donors (Lipinski definition) is 1. The lowest BCUT2D eigenvalue weighted by molar-refractivity contribution is 0.105. The Kier molecular flexibility index (Phi) is 5.33. The molecule has 0 saturated heterocycles. The number of aliphatic hydroxyl groups is 1. The number of halogens is 1. The monoisotopic (exact) mass is 342 g/mol. The van der Waals surface area contributed by atoms with Gasteiger partial charge in [-0.2, -0.15) is 0 Å². The van der Waals surface area contributed by atoms with Gasteiger partial charge in [0.15, 0.2) is 11.5 Å². The Balaban J connectivity index is 2.29. The van der Waals surface area contributed by atoms with Crippen LogP contribution in [0.3, 0.4) is 0 Å². The zero-order chi connectivity index (χ0) is 14.7. The Hall–Kier alpha value is -0.740. The van der Waals surface area contributed by atoms with Crippen LogP contribution in [-0.4, -0.2) is 18.3 Å². The van der Waals surface area contributed by atoms with E-state index in [2.05, 4.69) is 22.9 Å². The molecule has 1 fully saturated rings.